The van der Waals surface area contributed by atoms with E-state index in [0.717, 1.165) is 5.56 Å². The summed E-state index contributed by atoms with van der Waals surface area (Å²) in [5.41, 5.74) is 3.06. The molecule has 0 radical (unpaired) electrons. The lowest BCUT2D eigenvalue weighted by atomic mass is 9.83. The summed E-state index contributed by atoms with van der Waals surface area (Å²) >= 11 is 4.55. The Bertz CT molecular complexity index is 682. The van der Waals surface area contributed by atoms with Crippen molar-refractivity contribution in [3.63, 3.8) is 0 Å². The Hall–Kier alpha value is -1.74. The van der Waals surface area contributed by atoms with Gasteiger partial charge in [-0.3, -0.25) is 0 Å². The molecule has 0 aromatic heterocycles. The van der Waals surface area contributed by atoms with Gasteiger partial charge >= 0.3 is 5.97 Å². The lowest BCUT2D eigenvalue weighted by Gasteiger charge is -2.26. The summed E-state index contributed by atoms with van der Waals surface area (Å²) in [5, 5.41) is 0.551. The standard InChI is InChI=1S/C20H22O2S.2C3H8/c1-14-2-10-18(11-3-14)22-20(21)17-6-4-15(5-7-17)16-8-12-19(23)13-9-16;2*1-3-2/h2-7,10-11,16,19,23H,8-9,12-13H2,1H3;2*3H2,1-2H3. The second-order valence-electron chi connectivity index (χ2n) is 7.74. The predicted octanol–water partition coefficient (Wildman–Crippen LogP) is 8.00. The van der Waals surface area contributed by atoms with Crippen LogP contribution >= 0.6 is 12.6 Å². The minimum Gasteiger partial charge on any atom is -0.423 e. The minimum absolute atomic E-state index is 0.306. The molecule has 1 fully saturated rings. The van der Waals surface area contributed by atoms with E-state index in [2.05, 4.69) is 52.5 Å². The van der Waals surface area contributed by atoms with Crippen LogP contribution in [-0.2, 0) is 0 Å². The van der Waals surface area contributed by atoms with Gasteiger partial charge in [0, 0.05) is 5.25 Å². The molecule has 0 bridgehead atoms. The molecule has 160 valence electrons. The highest BCUT2D eigenvalue weighted by atomic mass is 32.1. The molecule has 0 spiro atoms. The molecular formula is C26H38O2S. The summed E-state index contributed by atoms with van der Waals surface area (Å²) in [6.07, 6.45) is 7.21. The zero-order valence-corrected chi connectivity index (χ0v) is 19.7. The second kappa shape index (κ2) is 14.3. The molecule has 1 aliphatic carbocycles. The summed E-state index contributed by atoms with van der Waals surface area (Å²) < 4.78 is 5.41. The Morgan fingerprint density at radius 2 is 1.34 bits per heavy atom. The fourth-order valence-corrected chi connectivity index (χ4v) is 3.37. The van der Waals surface area contributed by atoms with Crippen LogP contribution in [0.25, 0.3) is 0 Å². The van der Waals surface area contributed by atoms with Crippen LogP contribution in [0.15, 0.2) is 48.5 Å². The molecule has 0 saturated heterocycles. The van der Waals surface area contributed by atoms with Crippen LogP contribution < -0.4 is 4.74 Å². The van der Waals surface area contributed by atoms with Crippen molar-refractivity contribution in [1.82, 2.24) is 0 Å². The molecule has 0 heterocycles. The predicted molar refractivity (Wildman–Crippen MR) is 128 cm³/mol. The minimum atomic E-state index is -0.306. The van der Waals surface area contributed by atoms with E-state index in [1.165, 1.54) is 44.1 Å². The van der Waals surface area contributed by atoms with Crippen LogP contribution in [0, 0.1) is 6.92 Å². The fourth-order valence-electron chi connectivity index (χ4n) is 3.07. The number of carbonyl (C=O) groups is 1. The zero-order chi connectivity index (χ0) is 21.6. The van der Waals surface area contributed by atoms with Gasteiger partial charge in [-0.25, -0.2) is 4.79 Å². The first-order chi connectivity index (χ1) is 13.9. The van der Waals surface area contributed by atoms with Crippen molar-refractivity contribution in [2.75, 3.05) is 0 Å². The number of benzene rings is 2. The highest BCUT2D eigenvalue weighted by Crippen LogP contribution is 2.34. The lowest BCUT2D eigenvalue weighted by Crippen LogP contribution is -2.13. The molecule has 2 aromatic carbocycles. The van der Waals surface area contributed by atoms with Crippen molar-refractivity contribution >= 4 is 18.6 Å². The highest BCUT2D eigenvalue weighted by Gasteiger charge is 2.20. The molecule has 0 amide bonds. The summed E-state index contributed by atoms with van der Waals surface area (Å²) in [6, 6.07) is 15.4. The van der Waals surface area contributed by atoms with Crippen molar-refractivity contribution in [3.05, 3.63) is 65.2 Å². The summed E-state index contributed by atoms with van der Waals surface area (Å²) in [7, 11) is 0. The van der Waals surface area contributed by atoms with Gasteiger partial charge in [0.2, 0.25) is 0 Å². The third-order valence-corrected chi connectivity index (χ3v) is 5.06. The van der Waals surface area contributed by atoms with Crippen molar-refractivity contribution in [2.24, 2.45) is 0 Å². The van der Waals surface area contributed by atoms with E-state index in [-0.39, 0.29) is 5.97 Å². The molecule has 0 atom stereocenters. The topological polar surface area (TPSA) is 26.3 Å². The number of ether oxygens (including phenoxy) is 1. The van der Waals surface area contributed by atoms with E-state index in [0.29, 0.717) is 22.5 Å². The first kappa shape index (κ1) is 25.3. The first-order valence-electron chi connectivity index (χ1n) is 11.0. The van der Waals surface area contributed by atoms with Gasteiger partial charge in [0.15, 0.2) is 0 Å². The maximum atomic E-state index is 12.2. The van der Waals surface area contributed by atoms with Crippen molar-refractivity contribution in [2.45, 2.75) is 84.3 Å². The zero-order valence-electron chi connectivity index (χ0n) is 18.8. The van der Waals surface area contributed by atoms with E-state index in [9.17, 15) is 4.79 Å². The number of hydrogen-bond acceptors (Lipinski definition) is 3. The molecule has 2 nitrogen and oxygen atoms in total. The van der Waals surface area contributed by atoms with E-state index < -0.39 is 0 Å². The van der Waals surface area contributed by atoms with Crippen LogP contribution in [0.5, 0.6) is 5.75 Å². The number of carbonyl (C=O) groups excluding carboxylic acids is 1. The monoisotopic (exact) mass is 414 g/mol. The molecule has 2 aromatic rings. The summed E-state index contributed by atoms with van der Waals surface area (Å²) in [6.45, 7) is 10.5. The van der Waals surface area contributed by atoms with Gasteiger partial charge < -0.3 is 4.74 Å². The SMILES string of the molecule is CCC.CCC.Cc1ccc(OC(=O)c2ccc(C3CCC(S)CC3)cc2)cc1. The molecule has 0 N–H and O–H groups in total. The van der Waals surface area contributed by atoms with Crippen LogP contribution in [-0.4, -0.2) is 11.2 Å². The quantitative estimate of drug-likeness (QED) is 0.313. The van der Waals surface area contributed by atoms with Gasteiger partial charge in [0.25, 0.3) is 0 Å². The molecule has 3 rings (SSSR count). The number of rotatable bonds is 3. The molecular weight excluding hydrogens is 376 g/mol. The molecule has 0 aliphatic heterocycles. The van der Waals surface area contributed by atoms with Crippen molar-refractivity contribution in [3.8, 4) is 5.75 Å². The van der Waals surface area contributed by atoms with E-state index >= 15 is 0 Å². The normalized spacial score (nSPS) is 17.9. The average Bonchev–Trinajstić information content (AvgIpc) is 2.72. The van der Waals surface area contributed by atoms with E-state index in [1.54, 1.807) is 0 Å². The molecule has 0 unspecified atom stereocenters. The van der Waals surface area contributed by atoms with Crippen LogP contribution in [0.2, 0.25) is 0 Å². The van der Waals surface area contributed by atoms with Crippen LogP contribution in [0.3, 0.4) is 0 Å². The van der Waals surface area contributed by atoms with Crippen molar-refractivity contribution in [1.29, 1.82) is 0 Å². The maximum Gasteiger partial charge on any atom is 0.343 e. The lowest BCUT2D eigenvalue weighted by molar-refractivity contribution is 0.0734. The Morgan fingerprint density at radius 1 is 0.862 bits per heavy atom. The first-order valence-corrected chi connectivity index (χ1v) is 11.5. The van der Waals surface area contributed by atoms with Gasteiger partial charge in [-0.1, -0.05) is 70.4 Å². The molecule has 1 aliphatic rings. The van der Waals surface area contributed by atoms with Gasteiger partial charge in [-0.15, -0.1) is 0 Å². The smallest absolute Gasteiger partial charge is 0.343 e. The summed E-state index contributed by atoms with van der Waals surface area (Å²) in [4.78, 5) is 12.2. The van der Waals surface area contributed by atoms with Gasteiger partial charge in [-0.2, -0.15) is 12.6 Å². The van der Waals surface area contributed by atoms with Gasteiger partial charge in [-0.05, 0) is 68.4 Å². The number of aryl methyl sites for hydroxylation is 1. The third-order valence-electron chi connectivity index (χ3n) is 4.55. The molecule has 29 heavy (non-hydrogen) atoms. The summed E-state index contributed by atoms with van der Waals surface area (Å²) in [5.74, 6) is 0.872. The third kappa shape index (κ3) is 9.54. The average molecular weight is 415 g/mol. The Kier molecular flexibility index (Phi) is 12.5. The van der Waals surface area contributed by atoms with Crippen LogP contribution in [0.4, 0.5) is 0 Å². The van der Waals surface area contributed by atoms with Gasteiger partial charge in [0.05, 0.1) is 5.56 Å². The van der Waals surface area contributed by atoms with Crippen LogP contribution in [0.1, 0.15) is 93.6 Å². The number of hydrogen-bond donors (Lipinski definition) is 1. The Balaban J connectivity index is 0.000000626. The number of esters is 1. The van der Waals surface area contributed by atoms with E-state index in [4.69, 9.17) is 4.74 Å². The fraction of sp³-hybridized carbons (Fsp3) is 0.500. The Morgan fingerprint density at radius 3 is 1.83 bits per heavy atom. The van der Waals surface area contributed by atoms with Gasteiger partial charge in [0.1, 0.15) is 5.75 Å². The molecule has 3 heteroatoms. The highest BCUT2D eigenvalue weighted by molar-refractivity contribution is 7.80. The Labute approximate surface area is 183 Å². The molecule has 1 saturated carbocycles. The second-order valence-corrected chi connectivity index (χ2v) is 8.47. The maximum absolute atomic E-state index is 12.2. The van der Waals surface area contributed by atoms with Crippen molar-refractivity contribution < 1.29 is 9.53 Å². The van der Waals surface area contributed by atoms with E-state index in [1.807, 2.05) is 43.3 Å². The largest absolute Gasteiger partial charge is 0.423 e. The number of thiol groups is 1.